The Morgan fingerprint density at radius 3 is 1.75 bits per heavy atom. The average Bonchev–Trinajstić information content (AvgIpc) is 3.54. The predicted molar refractivity (Wildman–Crippen MR) is 180 cm³/mol. The van der Waals surface area contributed by atoms with Crippen LogP contribution in [0.1, 0.15) is 43.0 Å². The van der Waals surface area contributed by atoms with Crippen LogP contribution >= 0.6 is 23.4 Å². The van der Waals surface area contributed by atoms with E-state index in [2.05, 4.69) is 119 Å². The molecule has 4 aromatic carbocycles. The van der Waals surface area contributed by atoms with E-state index >= 15 is 0 Å². The number of benzene rings is 4. The van der Waals surface area contributed by atoms with E-state index in [1.807, 2.05) is 39.0 Å². The van der Waals surface area contributed by atoms with Crippen molar-refractivity contribution >= 4 is 23.4 Å². The molecule has 0 N–H and O–H groups in total. The summed E-state index contributed by atoms with van der Waals surface area (Å²) in [6.45, 7) is 5.79. The lowest BCUT2D eigenvalue weighted by molar-refractivity contribution is 0.336. The first-order valence-corrected chi connectivity index (χ1v) is 15.9. The average molecular weight is 617 g/mol. The fourth-order valence-electron chi connectivity index (χ4n) is 5.53. The van der Waals surface area contributed by atoms with Gasteiger partial charge < -0.3 is 0 Å². The van der Waals surface area contributed by atoms with E-state index in [1.165, 1.54) is 16.4 Å². The maximum absolute atomic E-state index is 12.7. The van der Waals surface area contributed by atoms with Crippen molar-refractivity contribution in [2.24, 2.45) is 0 Å². The van der Waals surface area contributed by atoms with Crippen molar-refractivity contribution in [2.45, 2.75) is 42.5 Å². The van der Waals surface area contributed by atoms with E-state index in [9.17, 15) is 4.79 Å². The quantitative estimate of drug-likeness (QED) is 0.127. The normalized spacial score (nSPS) is 11.9. The summed E-state index contributed by atoms with van der Waals surface area (Å²) in [4.78, 5) is 13.4. The fourth-order valence-corrected chi connectivity index (χ4v) is 6.67. The standard InChI is InChI=1S/C37H33ClN4OS/c1-36(2,3)42-35(43)34(38)33(25-39-42)44-26-27-19-21-28(22-20-27)32-23-24-41(40-32)37(29-13-7-4-8-14-29,30-15-9-5-10-16-30)31-17-11-6-12-18-31/h4-25H,26H2,1-3H3. The number of rotatable bonds is 8. The van der Waals surface area contributed by atoms with Crippen molar-refractivity contribution in [1.82, 2.24) is 19.6 Å². The molecule has 2 aromatic heterocycles. The van der Waals surface area contributed by atoms with Crippen LogP contribution in [-0.4, -0.2) is 19.6 Å². The van der Waals surface area contributed by atoms with E-state index in [4.69, 9.17) is 16.7 Å². The maximum atomic E-state index is 12.7. The molecule has 0 aliphatic rings. The van der Waals surface area contributed by atoms with Crippen LogP contribution in [0.2, 0.25) is 5.02 Å². The van der Waals surface area contributed by atoms with Gasteiger partial charge in [0.05, 0.1) is 22.3 Å². The smallest absolute Gasteiger partial charge is 0.266 e. The van der Waals surface area contributed by atoms with Gasteiger partial charge >= 0.3 is 0 Å². The molecule has 5 nitrogen and oxygen atoms in total. The molecule has 0 radical (unpaired) electrons. The Kier molecular flexibility index (Phi) is 8.30. The monoisotopic (exact) mass is 616 g/mol. The zero-order valence-corrected chi connectivity index (χ0v) is 26.5. The van der Waals surface area contributed by atoms with Gasteiger partial charge in [0.2, 0.25) is 0 Å². The maximum Gasteiger partial charge on any atom is 0.287 e. The molecule has 2 heterocycles. The van der Waals surface area contributed by atoms with E-state index < -0.39 is 11.1 Å². The van der Waals surface area contributed by atoms with Crippen LogP contribution in [0, 0.1) is 0 Å². The van der Waals surface area contributed by atoms with Gasteiger partial charge in [-0.1, -0.05) is 127 Å². The van der Waals surface area contributed by atoms with E-state index in [0.29, 0.717) is 10.6 Å². The second-order valence-corrected chi connectivity index (χ2v) is 13.0. The van der Waals surface area contributed by atoms with Crippen molar-refractivity contribution in [2.75, 3.05) is 0 Å². The Morgan fingerprint density at radius 2 is 1.25 bits per heavy atom. The number of aromatic nitrogens is 4. The number of nitrogens with zero attached hydrogens (tertiary/aromatic N) is 4. The molecule has 0 unspecified atom stereocenters. The van der Waals surface area contributed by atoms with Gasteiger partial charge in [-0.05, 0) is 49.1 Å². The molecule has 0 amide bonds. The van der Waals surface area contributed by atoms with Crippen LogP contribution in [0.15, 0.2) is 143 Å². The molecule has 7 heteroatoms. The van der Waals surface area contributed by atoms with E-state index in [-0.39, 0.29) is 10.6 Å². The Labute approximate surface area is 267 Å². The topological polar surface area (TPSA) is 52.7 Å². The molecule has 0 aliphatic heterocycles. The highest BCUT2D eigenvalue weighted by Gasteiger charge is 2.39. The number of halogens is 1. The largest absolute Gasteiger partial charge is 0.287 e. The number of hydrogen-bond acceptors (Lipinski definition) is 4. The second-order valence-electron chi connectivity index (χ2n) is 11.7. The molecule has 0 atom stereocenters. The predicted octanol–water partition coefficient (Wildman–Crippen LogP) is 8.65. The van der Waals surface area contributed by atoms with Crippen LogP contribution in [0.5, 0.6) is 0 Å². The van der Waals surface area contributed by atoms with Gasteiger partial charge in [-0.3, -0.25) is 9.48 Å². The van der Waals surface area contributed by atoms with Crippen molar-refractivity contribution in [3.05, 3.63) is 171 Å². The molecule has 6 aromatic rings. The van der Waals surface area contributed by atoms with Crippen molar-refractivity contribution in [3.8, 4) is 11.3 Å². The highest BCUT2D eigenvalue weighted by Crippen LogP contribution is 2.41. The number of hydrogen-bond donors (Lipinski definition) is 0. The second kappa shape index (κ2) is 12.3. The van der Waals surface area contributed by atoms with Crippen LogP contribution in [0.25, 0.3) is 11.3 Å². The number of thioether (sulfide) groups is 1. The lowest BCUT2D eigenvalue weighted by Gasteiger charge is -2.36. The summed E-state index contributed by atoms with van der Waals surface area (Å²) in [5, 5.41) is 9.76. The molecule has 44 heavy (non-hydrogen) atoms. The third-order valence-electron chi connectivity index (χ3n) is 7.67. The Bertz CT molecular complexity index is 1820. The van der Waals surface area contributed by atoms with Gasteiger partial charge in [0.15, 0.2) is 0 Å². The lowest BCUT2D eigenvalue weighted by Crippen LogP contribution is -2.38. The molecule has 0 bridgehead atoms. The lowest BCUT2D eigenvalue weighted by atomic mass is 9.77. The zero-order valence-electron chi connectivity index (χ0n) is 24.9. The van der Waals surface area contributed by atoms with Gasteiger partial charge in [-0.15, -0.1) is 11.8 Å². The Morgan fingerprint density at radius 1 is 0.727 bits per heavy atom. The SMILES string of the molecule is CC(C)(C)n1ncc(SCc2ccc(-c3ccn(C(c4ccccc4)(c4ccccc4)c4ccccc4)n3)cc2)c(Cl)c1=O. The van der Waals surface area contributed by atoms with Crippen molar-refractivity contribution < 1.29 is 0 Å². The molecule has 6 rings (SSSR count). The molecule has 0 fully saturated rings. The Hall–Kier alpha value is -4.39. The van der Waals surface area contributed by atoms with Gasteiger partial charge in [-0.2, -0.15) is 10.2 Å². The van der Waals surface area contributed by atoms with E-state index in [1.54, 1.807) is 6.20 Å². The van der Waals surface area contributed by atoms with Crippen LogP contribution < -0.4 is 5.56 Å². The van der Waals surface area contributed by atoms with Gasteiger partial charge in [-0.25, -0.2) is 4.68 Å². The summed E-state index contributed by atoms with van der Waals surface area (Å²) < 4.78 is 3.51. The minimum absolute atomic E-state index is 0.209. The van der Waals surface area contributed by atoms with Crippen molar-refractivity contribution in [1.29, 1.82) is 0 Å². The van der Waals surface area contributed by atoms with Crippen LogP contribution in [0.4, 0.5) is 0 Å². The van der Waals surface area contributed by atoms with Gasteiger partial charge in [0, 0.05) is 17.5 Å². The minimum Gasteiger partial charge on any atom is -0.266 e. The summed E-state index contributed by atoms with van der Waals surface area (Å²) >= 11 is 7.95. The molecule has 0 saturated heterocycles. The summed E-state index contributed by atoms with van der Waals surface area (Å²) in [7, 11) is 0. The third-order valence-corrected chi connectivity index (χ3v) is 9.25. The van der Waals surface area contributed by atoms with Crippen LogP contribution in [0.3, 0.4) is 0 Å². The van der Waals surface area contributed by atoms with E-state index in [0.717, 1.165) is 33.5 Å². The molecular weight excluding hydrogens is 584 g/mol. The zero-order chi connectivity index (χ0) is 30.7. The summed E-state index contributed by atoms with van der Waals surface area (Å²) in [6, 6.07) is 42.1. The molecule has 220 valence electrons. The third kappa shape index (κ3) is 5.63. The minimum atomic E-state index is -0.660. The molecular formula is C37H33ClN4OS. The van der Waals surface area contributed by atoms with Crippen LogP contribution in [-0.2, 0) is 16.8 Å². The van der Waals surface area contributed by atoms with Crippen molar-refractivity contribution in [3.63, 3.8) is 0 Å². The summed E-state index contributed by atoms with van der Waals surface area (Å²) in [6.07, 6.45) is 3.75. The summed E-state index contributed by atoms with van der Waals surface area (Å²) in [5.74, 6) is 0.661. The summed E-state index contributed by atoms with van der Waals surface area (Å²) in [5.41, 5.74) is 5.04. The molecule has 0 saturated carbocycles. The molecule has 0 aliphatic carbocycles. The first-order valence-electron chi connectivity index (χ1n) is 14.5. The van der Waals surface area contributed by atoms with Gasteiger partial charge in [0.1, 0.15) is 10.6 Å². The van der Waals surface area contributed by atoms with Gasteiger partial charge in [0.25, 0.3) is 5.56 Å². The Balaban J connectivity index is 1.32. The first kappa shape index (κ1) is 29.7. The first-order chi connectivity index (χ1) is 21.3. The highest BCUT2D eigenvalue weighted by molar-refractivity contribution is 7.98. The molecule has 0 spiro atoms. The highest BCUT2D eigenvalue weighted by atomic mass is 35.5. The fraction of sp³-hybridized carbons (Fsp3) is 0.162.